The fourth-order valence-corrected chi connectivity index (χ4v) is 9.76. The van der Waals surface area contributed by atoms with Crippen molar-refractivity contribution in [3.63, 3.8) is 0 Å². The van der Waals surface area contributed by atoms with Gasteiger partial charge in [0, 0.05) is 58.2 Å². The number of carbonyl (C=O) groups is 2. The number of alkyl halides is 4. The van der Waals surface area contributed by atoms with Crippen LogP contribution in [-0.4, -0.2) is 127 Å². The molecule has 6 aromatic carbocycles. The average Bonchev–Trinajstić information content (AvgIpc) is 3.40. The van der Waals surface area contributed by atoms with Crippen molar-refractivity contribution in [2.45, 2.75) is 75.7 Å². The topological polar surface area (TPSA) is 176 Å². The van der Waals surface area contributed by atoms with E-state index in [0.717, 1.165) is 60.7 Å². The van der Waals surface area contributed by atoms with Crippen molar-refractivity contribution in [2.75, 3.05) is 65.7 Å². The van der Waals surface area contributed by atoms with Crippen LogP contribution >= 0.6 is 0 Å². The van der Waals surface area contributed by atoms with Crippen LogP contribution in [0, 0.1) is 23.5 Å². The maximum atomic E-state index is 15.0. The highest BCUT2D eigenvalue weighted by Crippen LogP contribution is 2.36. The fraction of sp³-hybridized carbons (Fsp3) is 0.414. The third kappa shape index (κ3) is 14.9. The van der Waals surface area contributed by atoms with E-state index in [1.807, 2.05) is 23.1 Å². The van der Waals surface area contributed by atoms with Gasteiger partial charge in [0.1, 0.15) is 44.2 Å². The summed E-state index contributed by atoms with van der Waals surface area (Å²) >= 11 is 0. The molecule has 0 aromatic heterocycles. The van der Waals surface area contributed by atoms with E-state index < -0.39 is 54.8 Å². The van der Waals surface area contributed by atoms with Gasteiger partial charge in [-0.1, -0.05) is 74.5 Å². The lowest BCUT2D eigenvalue weighted by Crippen LogP contribution is -2.56. The lowest BCUT2D eigenvalue weighted by Gasteiger charge is -2.40. The highest BCUT2D eigenvalue weighted by atomic mass is 19.3. The molecule has 0 saturated carbocycles. The van der Waals surface area contributed by atoms with Crippen molar-refractivity contribution >= 4 is 33.4 Å². The Kier molecular flexibility index (Phi) is 18.2. The molecule has 0 radical (unpaired) electrons. The Morgan fingerprint density at radius 3 is 1.47 bits per heavy atom. The standard InChI is InChI=1S/C29H31F3N2O4.C15H22N2O3.C14H11F3O2/c1-18-15-34(16-18)17-24(27(35)22-5-7-25-26(14-22)38-11-10-37-25)33-28(36)29(31,32)9-8-19-2-3-21-13-23(30)6-4-20(21)12-19;1-10-7-17(8-10)9-12(16)15(18)11-2-3-13-14(6-11)20-5-4-19-13;15-12-4-3-10-7-9(1-2-11(10)8-12)5-6-14(16,17)13(18)19/h2-7,12-14,18,24,27,35H,8-11,15-17H2,1H3,(H,33,36);2-3,6,10,12,15,18H,4-5,7-9,16H2,1H3;1-4,7-8H,5-6H2,(H,18,19)/t24-,27-;12-,15-;/m11./s1. The zero-order valence-electron chi connectivity index (χ0n) is 42.8. The minimum atomic E-state index is -3.72. The molecule has 4 atom stereocenters. The number of aliphatic hydroxyl groups excluding tert-OH is 2. The molecule has 6 N–H and O–H groups in total. The molecular formula is C58H64F6N4O9. The number of hydrogen-bond acceptors (Lipinski definition) is 11. The van der Waals surface area contributed by atoms with Crippen LogP contribution in [0.5, 0.6) is 23.0 Å². The molecule has 19 heteroatoms. The van der Waals surface area contributed by atoms with Crippen LogP contribution < -0.4 is 30.0 Å². The van der Waals surface area contributed by atoms with Gasteiger partial charge in [0.05, 0.1) is 12.1 Å². The molecule has 0 spiro atoms. The smallest absolute Gasteiger partial charge is 0.374 e. The van der Waals surface area contributed by atoms with Crippen molar-refractivity contribution in [3.05, 3.63) is 143 Å². The number of aryl methyl sites for hydroxylation is 2. The summed E-state index contributed by atoms with van der Waals surface area (Å²) in [4.78, 5) is 27.4. The normalized spacial score (nSPS) is 17.3. The number of nitrogens with two attached hydrogens (primary N) is 1. The van der Waals surface area contributed by atoms with E-state index in [4.69, 9.17) is 29.8 Å². The number of nitrogens with zero attached hydrogens (tertiary/aromatic N) is 2. The maximum absolute atomic E-state index is 15.0. The summed E-state index contributed by atoms with van der Waals surface area (Å²) in [5.74, 6) is -7.98. The molecule has 2 saturated heterocycles. The molecule has 0 aliphatic carbocycles. The maximum Gasteiger partial charge on any atom is 0.374 e. The summed E-state index contributed by atoms with van der Waals surface area (Å²) in [6.45, 7) is 10.9. The van der Waals surface area contributed by atoms with Crippen LogP contribution in [0.25, 0.3) is 21.5 Å². The van der Waals surface area contributed by atoms with E-state index in [0.29, 0.717) is 77.1 Å². The second-order valence-electron chi connectivity index (χ2n) is 20.5. The van der Waals surface area contributed by atoms with Gasteiger partial charge in [-0.25, -0.2) is 13.6 Å². The lowest BCUT2D eigenvalue weighted by molar-refractivity contribution is -0.165. The highest BCUT2D eigenvalue weighted by Gasteiger charge is 2.42. The molecule has 6 aromatic rings. The van der Waals surface area contributed by atoms with Gasteiger partial charge in [-0.2, -0.15) is 17.6 Å². The van der Waals surface area contributed by atoms with Crippen LogP contribution in [0.15, 0.2) is 109 Å². The molecule has 412 valence electrons. The van der Waals surface area contributed by atoms with Gasteiger partial charge in [-0.3, -0.25) is 4.79 Å². The van der Waals surface area contributed by atoms with Gasteiger partial charge < -0.3 is 55.1 Å². The summed E-state index contributed by atoms with van der Waals surface area (Å²) < 4.78 is 104. The monoisotopic (exact) mass is 1070 g/mol. The molecule has 1 amide bonds. The number of fused-ring (bicyclic) bond motifs is 4. The first kappa shape index (κ1) is 56.6. The first-order chi connectivity index (χ1) is 36.7. The summed E-state index contributed by atoms with van der Waals surface area (Å²) in [5.41, 5.74) is 8.57. The van der Waals surface area contributed by atoms with E-state index in [1.54, 1.807) is 66.7 Å². The molecule has 4 aliphatic heterocycles. The van der Waals surface area contributed by atoms with Crippen LogP contribution in [0.3, 0.4) is 0 Å². The van der Waals surface area contributed by atoms with Crippen molar-refractivity contribution < 1.29 is 70.2 Å². The number of carboxylic acid groups (broad SMARTS) is 1. The Morgan fingerprint density at radius 2 is 1.00 bits per heavy atom. The van der Waals surface area contributed by atoms with Crippen molar-refractivity contribution in [3.8, 4) is 23.0 Å². The predicted molar refractivity (Wildman–Crippen MR) is 278 cm³/mol. The Balaban J connectivity index is 0.000000169. The predicted octanol–water partition coefficient (Wildman–Crippen LogP) is 8.89. The van der Waals surface area contributed by atoms with Gasteiger partial charge in [0.2, 0.25) is 0 Å². The number of aliphatic hydroxyl groups is 2. The zero-order valence-corrected chi connectivity index (χ0v) is 42.8. The van der Waals surface area contributed by atoms with Crippen LogP contribution in [0.2, 0.25) is 0 Å². The number of likely N-dealkylation sites (tertiary alicyclic amines) is 2. The molecule has 2 fully saturated rings. The molecular weight excluding hydrogens is 1010 g/mol. The van der Waals surface area contributed by atoms with Crippen molar-refractivity contribution in [2.24, 2.45) is 17.6 Å². The summed E-state index contributed by atoms with van der Waals surface area (Å²) in [6, 6.07) is 27.7. The minimum Gasteiger partial charge on any atom is -0.486 e. The van der Waals surface area contributed by atoms with E-state index in [1.165, 1.54) is 24.3 Å². The second kappa shape index (κ2) is 24.8. The van der Waals surface area contributed by atoms with Crippen LogP contribution in [0.1, 0.15) is 61.2 Å². The number of rotatable bonds is 17. The van der Waals surface area contributed by atoms with E-state index >= 15 is 8.78 Å². The molecule has 13 nitrogen and oxygen atoms in total. The molecule has 4 heterocycles. The Hall–Kier alpha value is -6.64. The Bertz CT molecular complexity index is 3010. The van der Waals surface area contributed by atoms with E-state index in [2.05, 4.69) is 24.1 Å². The third-order valence-electron chi connectivity index (χ3n) is 14.0. The minimum absolute atomic E-state index is 0.0350. The number of aliphatic carboxylic acids is 1. The number of benzene rings is 6. The molecule has 0 bridgehead atoms. The first-order valence-corrected chi connectivity index (χ1v) is 25.7. The highest BCUT2D eigenvalue weighted by molar-refractivity contribution is 5.85. The van der Waals surface area contributed by atoms with Crippen LogP contribution in [0.4, 0.5) is 26.3 Å². The largest absolute Gasteiger partial charge is 0.486 e. The van der Waals surface area contributed by atoms with Gasteiger partial charge in [0.25, 0.3) is 5.91 Å². The number of hydrogen-bond donors (Lipinski definition) is 5. The lowest BCUT2D eigenvalue weighted by atomic mass is 9.96. The Labute approximate surface area is 442 Å². The van der Waals surface area contributed by atoms with Gasteiger partial charge in [0.15, 0.2) is 23.0 Å². The van der Waals surface area contributed by atoms with Crippen LogP contribution in [-0.2, 0) is 22.4 Å². The second-order valence-corrected chi connectivity index (χ2v) is 20.5. The van der Waals surface area contributed by atoms with Gasteiger partial charge in [-0.15, -0.1) is 0 Å². The Morgan fingerprint density at radius 1 is 0.584 bits per heavy atom. The summed E-state index contributed by atoms with van der Waals surface area (Å²) in [7, 11) is 0. The number of ether oxygens (including phenoxy) is 4. The third-order valence-corrected chi connectivity index (χ3v) is 14.0. The number of carboxylic acids is 1. The van der Waals surface area contributed by atoms with E-state index in [-0.39, 0.29) is 37.1 Å². The van der Waals surface area contributed by atoms with Crippen molar-refractivity contribution in [1.29, 1.82) is 0 Å². The summed E-state index contributed by atoms with van der Waals surface area (Å²) in [5, 5.41) is 35.1. The molecule has 77 heavy (non-hydrogen) atoms. The van der Waals surface area contributed by atoms with E-state index in [9.17, 15) is 37.4 Å². The SMILES string of the molecule is CC1CN(C[C@@H](N)[C@H](O)c2ccc3c(c2)OCCO3)C1.CC1CN(C[C@@H](NC(=O)C(F)(F)CCc2ccc3cc(F)ccc3c2)[C@H](O)c2ccc3c(c2)OCCO3)C1.O=C(O)C(F)(F)CCc1ccc2cc(F)ccc2c1. The molecule has 10 rings (SSSR count). The number of halogens is 6. The van der Waals surface area contributed by atoms with Gasteiger partial charge >= 0.3 is 17.8 Å². The average molecular weight is 1080 g/mol. The fourth-order valence-electron chi connectivity index (χ4n) is 9.76. The summed E-state index contributed by atoms with van der Waals surface area (Å²) in [6.07, 6.45) is -3.43. The van der Waals surface area contributed by atoms with Crippen molar-refractivity contribution in [1.82, 2.24) is 15.1 Å². The zero-order chi connectivity index (χ0) is 55.0. The quantitative estimate of drug-likeness (QED) is 0.0550. The number of amides is 1. The number of carbonyl (C=O) groups excluding carboxylic acids is 1. The first-order valence-electron chi connectivity index (χ1n) is 25.7. The molecule has 0 unspecified atom stereocenters. The number of nitrogens with one attached hydrogen (secondary N) is 1. The molecule has 4 aliphatic rings. The van der Waals surface area contributed by atoms with Gasteiger partial charge in [-0.05, 0) is 117 Å².